The number of hydrogen-bond acceptors (Lipinski definition) is 4. The molecule has 1 aromatic carbocycles. The monoisotopic (exact) mass is 333 g/mol. The van der Waals surface area contributed by atoms with Gasteiger partial charge in [-0.25, -0.2) is 9.18 Å². The van der Waals surface area contributed by atoms with Crippen LogP contribution in [0.1, 0.15) is 18.9 Å². The van der Waals surface area contributed by atoms with Crippen molar-refractivity contribution in [3.63, 3.8) is 0 Å². The fourth-order valence-corrected chi connectivity index (χ4v) is 2.63. The molecule has 0 spiro atoms. The minimum atomic E-state index is -0.585. The van der Waals surface area contributed by atoms with Gasteiger partial charge in [-0.05, 0) is 37.1 Å². The highest BCUT2D eigenvalue weighted by Crippen LogP contribution is 2.31. The van der Waals surface area contributed by atoms with Crippen LogP contribution in [0, 0.1) is 5.82 Å². The van der Waals surface area contributed by atoms with Gasteiger partial charge in [-0.15, -0.1) is 0 Å². The van der Waals surface area contributed by atoms with Crippen LogP contribution in [0.3, 0.4) is 0 Å². The molecule has 0 aromatic heterocycles. The summed E-state index contributed by atoms with van der Waals surface area (Å²) in [5.41, 5.74) is 1.46. The van der Waals surface area contributed by atoms with Gasteiger partial charge in [-0.3, -0.25) is 4.79 Å². The van der Waals surface area contributed by atoms with Gasteiger partial charge in [0.2, 0.25) is 0 Å². The molecule has 1 aliphatic rings. The zero-order valence-electron chi connectivity index (χ0n) is 14.0. The summed E-state index contributed by atoms with van der Waals surface area (Å²) in [4.78, 5) is 26.3. The summed E-state index contributed by atoms with van der Waals surface area (Å²) < 4.78 is 23.2. The predicted molar refractivity (Wildman–Crippen MR) is 87.3 cm³/mol. The molecule has 5 nitrogen and oxygen atoms in total. The molecule has 0 bridgehead atoms. The number of carbonyl (C=O) groups is 2. The number of methoxy groups -OCH3 is 2. The van der Waals surface area contributed by atoms with E-state index in [0.29, 0.717) is 30.8 Å². The fraction of sp³-hybridized carbons (Fsp3) is 0.333. The third-order valence-electron chi connectivity index (χ3n) is 3.79. The van der Waals surface area contributed by atoms with E-state index in [-0.39, 0.29) is 17.1 Å². The summed E-state index contributed by atoms with van der Waals surface area (Å²) in [5.74, 6) is -1.29. The number of halogens is 1. The van der Waals surface area contributed by atoms with E-state index in [1.54, 1.807) is 26.2 Å². The van der Waals surface area contributed by atoms with Crippen molar-refractivity contribution in [1.82, 2.24) is 4.90 Å². The highest BCUT2D eigenvalue weighted by Gasteiger charge is 2.36. The predicted octanol–water partition coefficient (Wildman–Crippen LogP) is 2.53. The molecular weight excluding hydrogens is 313 g/mol. The third kappa shape index (κ3) is 3.71. The zero-order valence-corrected chi connectivity index (χ0v) is 14.0. The first-order valence-electron chi connectivity index (χ1n) is 7.57. The molecule has 0 aliphatic carbocycles. The summed E-state index contributed by atoms with van der Waals surface area (Å²) in [6, 6.07) is 5.84. The second kappa shape index (κ2) is 7.88. The first kappa shape index (κ1) is 17.9. The van der Waals surface area contributed by atoms with Crippen LogP contribution in [0.5, 0.6) is 0 Å². The lowest BCUT2D eigenvalue weighted by atomic mass is 10.0. The van der Waals surface area contributed by atoms with Crippen molar-refractivity contribution >= 4 is 18.0 Å². The van der Waals surface area contributed by atoms with Crippen molar-refractivity contribution in [2.24, 2.45) is 0 Å². The van der Waals surface area contributed by atoms with Crippen LogP contribution in [0.2, 0.25) is 0 Å². The molecule has 0 radical (unpaired) electrons. The molecule has 0 saturated heterocycles. The van der Waals surface area contributed by atoms with Crippen molar-refractivity contribution in [2.45, 2.75) is 13.3 Å². The molecule has 1 aliphatic heterocycles. The highest BCUT2D eigenvalue weighted by molar-refractivity contribution is 6.16. The van der Waals surface area contributed by atoms with Crippen LogP contribution in [-0.4, -0.2) is 44.1 Å². The molecule has 0 atom stereocenters. The highest BCUT2D eigenvalue weighted by atomic mass is 19.1. The number of allylic oxidation sites excluding steroid dienone is 1. The van der Waals surface area contributed by atoms with Crippen LogP contribution >= 0.6 is 0 Å². The lowest BCUT2D eigenvalue weighted by molar-refractivity contribution is -0.136. The summed E-state index contributed by atoms with van der Waals surface area (Å²) in [6.45, 7) is 2.64. The van der Waals surface area contributed by atoms with Crippen LogP contribution in [0.4, 0.5) is 4.39 Å². The Morgan fingerprint density at radius 1 is 1.33 bits per heavy atom. The number of benzene rings is 1. The summed E-state index contributed by atoms with van der Waals surface area (Å²) in [7, 11) is 2.85. The number of rotatable bonds is 6. The minimum Gasteiger partial charge on any atom is -0.465 e. The number of nitrogens with zero attached hydrogens (tertiary/aromatic N) is 1. The Morgan fingerprint density at radius 2 is 2.08 bits per heavy atom. The van der Waals surface area contributed by atoms with Gasteiger partial charge in [0.25, 0.3) is 5.91 Å². The molecule has 0 N–H and O–H groups in total. The van der Waals surface area contributed by atoms with Crippen molar-refractivity contribution in [1.29, 1.82) is 0 Å². The number of amides is 1. The maximum atomic E-state index is 13.4. The number of esters is 1. The average molecular weight is 333 g/mol. The van der Waals surface area contributed by atoms with E-state index >= 15 is 0 Å². The molecule has 2 rings (SSSR count). The smallest absolute Gasteiger partial charge is 0.340 e. The number of ether oxygens (including phenoxy) is 2. The molecule has 128 valence electrons. The topological polar surface area (TPSA) is 55.8 Å². The molecule has 0 fully saturated rings. The zero-order chi connectivity index (χ0) is 17.7. The van der Waals surface area contributed by atoms with Gasteiger partial charge in [0, 0.05) is 26.0 Å². The van der Waals surface area contributed by atoms with Gasteiger partial charge in [0.1, 0.15) is 5.82 Å². The Balaban J connectivity index is 2.41. The van der Waals surface area contributed by atoms with Gasteiger partial charge < -0.3 is 14.4 Å². The van der Waals surface area contributed by atoms with Gasteiger partial charge in [0.15, 0.2) is 0 Å². The molecular formula is C18H20FNO4. The Hall–Kier alpha value is -2.47. The van der Waals surface area contributed by atoms with E-state index in [1.807, 2.05) is 0 Å². The van der Waals surface area contributed by atoms with E-state index in [1.165, 1.54) is 30.2 Å². The maximum Gasteiger partial charge on any atom is 0.340 e. The number of hydrogen-bond donors (Lipinski definition) is 0. The largest absolute Gasteiger partial charge is 0.465 e. The van der Waals surface area contributed by atoms with E-state index in [4.69, 9.17) is 9.47 Å². The van der Waals surface area contributed by atoms with Gasteiger partial charge >= 0.3 is 5.97 Å². The van der Waals surface area contributed by atoms with E-state index in [9.17, 15) is 14.0 Å². The molecule has 6 heteroatoms. The van der Waals surface area contributed by atoms with E-state index < -0.39 is 11.8 Å². The summed E-state index contributed by atoms with van der Waals surface area (Å²) >= 11 is 0. The second-order valence-electron chi connectivity index (χ2n) is 5.37. The quantitative estimate of drug-likeness (QED) is 0.456. The Labute approximate surface area is 140 Å². The van der Waals surface area contributed by atoms with E-state index in [0.717, 1.165) is 0 Å². The van der Waals surface area contributed by atoms with Crippen molar-refractivity contribution in [2.75, 3.05) is 27.4 Å². The Kier molecular flexibility index (Phi) is 5.87. The molecule has 1 heterocycles. The van der Waals surface area contributed by atoms with Gasteiger partial charge in [0.05, 0.1) is 18.3 Å². The van der Waals surface area contributed by atoms with Crippen LogP contribution in [0.25, 0.3) is 6.08 Å². The van der Waals surface area contributed by atoms with E-state index in [2.05, 4.69) is 0 Å². The minimum absolute atomic E-state index is 0.211. The first-order valence-corrected chi connectivity index (χ1v) is 7.57. The molecule has 1 amide bonds. The average Bonchev–Trinajstić information content (AvgIpc) is 2.79. The van der Waals surface area contributed by atoms with Crippen molar-refractivity contribution in [3.8, 4) is 0 Å². The van der Waals surface area contributed by atoms with Crippen LogP contribution < -0.4 is 0 Å². The lowest BCUT2D eigenvalue weighted by Crippen LogP contribution is -2.26. The third-order valence-corrected chi connectivity index (χ3v) is 3.79. The Morgan fingerprint density at radius 3 is 2.71 bits per heavy atom. The fourth-order valence-electron chi connectivity index (χ4n) is 2.63. The van der Waals surface area contributed by atoms with Crippen molar-refractivity contribution in [3.05, 3.63) is 52.5 Å². The second-order valence-corrected chi connectivity index (χ2v) is 5.37. The van der Waals surface area contributed by atoms with Crippen molar-refractivity contribution < 1.29 is 23.5 Å². The normalized spacial score (nSPS) is 16.2. The first-order chi connectivity index (χ1) is 11.5. The van der Waals surface area contributed by atoms with Gasteiger partial charge in [-0.1, -0.05) is 12.1 Å². The molecule has 24 heavy (non-hydrogen) atoms. The Bertz CT molecular complexity index is 709. The molecule has 0 saturated carbocycles. The molecule has 0 unspecified atom stereocenters. The number of carbonyl (C=O) groups excluding carboxylic acids is 2. The summed E-state index contributed by atoms with van der Waals surface area (Å²) in [6.07, 6.45) is 2.15. The van der Waals surface area contributed by atoms with Gasteiger partial charge in [-0.2, -0.15) is 0 Å². The van der Waals surface area contributed by atoms with Crippen LogP contribution in [-0.2, 0) is 19.1 Å². The SMILES string of the molecule is COCCCN1C(=O)/C(=C\c2cccc(F)c2)C(C(=O)OC)=C1C. The summed E-state index contributed by atoms with van der Waals surface area (Å²) in [5, 5.41) is 0. The lowest BCUT2D eigenvalue weighted by Gasteiger charge is -2.17. The standard InChI is InChI=1S/C18H20FNO4/c1-12-16(18(22)24-3)15(11-13-6-4-7-14(19)10-13)17(21)20(12)8-5-9-23-2/h4,6-7,10-11H,5,8-9H2,1-3H3/b15-11-. The maximum absolute atomic E-state index is 13.4. The molecule has 1 aromatic rings. The van der Waals surface area contributed by atoms with Crippen LogP contribution in [0.15, 0.2) is 41.1 Å².